The summed E-state index contributed by atoms with van der Waals surface area (Å²) < 4.78 is 0. The standard InChI is InChI=1S/C5H10N2O.ClH/c1-4-2-5(3-6)8-7-4;/h5H,2-3,6H2,1H3;1H/t5-;/m1./s1. The van der Waals surface area contributed by atoms with Crippen LogP contribution in [0.5, 0.6) is 0 Å². The first-order valence-electron chi connectivity index (χ1n) is 2.72. The molecule has 2 N–H and O–H groups in total. The van der Waals surface area contributed by atoms with Gasteiger partial charge in [-0.1, -0.05) is 5.16 Å². The first kappa shape index (κ1) is 8.72. The Morgan fingerprint density at radius 3 is 2.78 bits per heavy atom. The minimum atomic E-state index is 0. The van der Waals surface area contributed by atoms with Crippen molar-refractivity contribution in [3.8, 4) is 0 Å². The van der Waals surface area contributed by atoms with Crippen molar-refractivity contribution in [2.75, 3.05) is 6.54 Å². The van der Waals surface area contributed by atoms with E-state index in [4.69, 9.17) is 10.6 Å². The van der Waals surface area contributed by atoms with Gasteiger partial charge in [-0.2, -0.15) is 0 Å². The molecule has 1 heterocycles. The van der Waals surface area contributed by atoms with Crippen LogP contribution in [-0.4, -0.2) is 18.4 Å². The van der Waals surface area contributed by atoms with Gasteiger partial charge in [0.2, 0.25) is 0 Å². The van der Waals surface area contributed by atoms with E-state index in [0.717, 1.165) is 12.1 Å². The van der Waals surface area contributed by atoms with Crippen molar-refractivity contribution in [2.24, 2.45) is 10.9 Å². The Balaban J connectivity index is 0.000000640. The van der Waals surface area contributed by atoms with Gasteiger partial charge in [-0.15, -0.1) is 12.4 Å². The van der Waals surface area contributed by atoms with Crippen molar-refractivity contribution < 1.29 is 4.84 Å². The minimum Gasteiger partial charge on any atom is -0.391 e. The van der Waals surface area contributed by atoms with Crippen molar-refractivity contribution >= 4 is 18.1 Å². The maximum Gasteiger partial charge on any atom is 0.145 e. The molecule has 1 atom stereocenters. The van der Waals surface area contributed by atoms with Crippen LogP contribution in [0, 0.1) is 0 Å². The second-order valence-corrected chi connectivity index (χ2v) is 1.99. The molecule has 54 valence electrons. The molecule has 0 amide bonds. The molecule has 9 heavy (non-hydrogen) atoms. The molecule has 0 bridgehead atoms. The highest BCUT2D eigenvalue weighted by molar-refractivity contribution is 5.85. The van der Waals surface area contributed by atoms with Crippen molar-refractivity contribution in [1.29, 1.82) is 0 Å². The van der Waals surface area contributed by atoms with Crippen molar-refractivity contribution in [1.82, 2.24) is 0 Å². The van der Waals surface area contributed by atoms with Gasteiger partial charge in [0.15, 0.2) is 0 Å². The normalized spacial score (nSPS) is 24.2. The lowest BCUT2D eigenvalue weighted by atomic mass is 10.2. The molecule has 0 unspecified atom stereocenters. The molecule has 3 nitrogen and oxygen atoms in total. The summed E-state index contributed by atoms with van der Waals surface area (Å²) in [5, 5.41) is 3.73. The van der Waals surface area contributed by atoms with Gasteiger partial charge in [0.05, 0.1) is 5.71 Å². The molecule has 1 aliphatic rings. The van der Waals surface area contributed by atoms with Crippen molar-refractivity contribution in [2.45, 2.75) is 19.4 Å². The van der Waals surface area contributed by atoms with E-state index in [-0.39, 0.29) is 18.5 Å². The zero-order valence-corrected chi connectivity index (χ0v) is 6.15. The van der Waals surface area contributed by atoms with Gasteiger partial charge in [0.25, 0.3) is 0 Å². The fourth-order valence-electron chi connectivity index (χ4n) is 0.695. The largest absolute Gasteiger partial charge is 0.391 e. The number of rotatable bonds is 1. The minimum absolute atomic E-state index is 0. The third kappa shape index (κ3) is 2.20. The van der Waals surface area contributed by atoms with Gasteiger partial charge < -0.3 is 10.6 Å². The van der Waals surface area contributed by atoms with Gasteiger partial charge in [-0.25, -0.2) is 0 Å². The lowest BCUT2D eigenvalue weighted by Crippen LogP contribution is -2.19. The number of halogens is 1. The van der Waals surface area contributed by atoms with Crippen LogP contribution >= 0.6 is 12.4 Å². The van der Waals surface area contributed by atoms with E-state index >= 15 is 0 Å². The zero-order chi connectivity index (χ0) is 5.98. The molecule has 0 spiro atoms. The summed E-state index contributed by atoms with van der Waals surface area (Å²) in [5.74, 6) is 0. The Bertz CT molecular complexity index is 116. The van der Waals surface area contributed by atoms with Crippen LogP contribution in [0.4, 0.5) is 0 Å². The smallest absolute Gasteiger partial charge is 0.145 e. The molecule has 0 aromatic carbocycles. The third-order valence-electron chi connectivity index (χ3n) is 1.14. The highest BCUT2D eigenvalue weighted by Crippen LogP contribution is 2.07. The molecular formula is C5H11ClN2O. The molecular weight excluding hydrogens is 140 g/mol. The molecule has 0 aromatic rings. The molecule has 1 aliphatic heterocycles. The summed E-state index contributed by atoms with van der Waals surface area (Å²) in [4.78, 5) is 4.88. The molecule has 1 rings (SSSR count). The van der Waals surface area contributed by atoms with Crippen LogP contribution < -0.4 is 5.73 Å². The fraction of sp³-hybridized carbons (Fsp3) is 0.800. The second-order valence-electron chi connectivity index (χ2n) is 1.99. The van der Waals surface area contributed by atoms with E-state index in [0.29, 0.717) is 6.54 Å². The number of nitrogens with zero attached hydrogens (tertiary/aromatic N) is 1. The van der Waals surface area contributed by atoms with E-state index in [9.17, 15) is 0 Å². The van der Waals surface area contributed by atoms with Gasteiger partial charge in [0, 0.05) is 13.0 Å². The average molecular weight is 151 g/mol. The van der Waals surface area contributed by atoms with E-state index in [1.54, 1.807) is 0 Å². The van der Waals surface area contributed by atoms with Crippen LogP contribution in [0.1, 0.15) is 13.3 Å². The predicted octanol–water partition coefficient (Wildman–Crippen LogP) is 0.532. The second kappa shape index (κ2) is 3.69. The van der Waals surface area contributed by atoms with Gasteiger partial charge in [-0.05, 0) is 6.92 Å². The van der Waals surface area contributed by atoms with Crippen LogP contribution in [-0.2, 0) is 4.84 Å². The number of hydrogen-bond donors (Lipinski definition) is 1. The molecule has 0 fully saturated rings. The van der Waals surface area contributed by atoms with E-state index < -0.39 is 0 Å². The molecule has 4 heteroatoms. The van der Waals surface area contributed by atoms with Crippen LogP contribution in [0.3, 0.4) is 0 Å². The zero-order valence-electron chi connectivity index (χ0n) is 5.33. The van der Waals surface area contributed by atoms with Crippen LogP contribution in [0.15, 0.2) is 5.16 Å². The molecule has 0 aromatic heterocycles. The summed E-state index contributed by atoms with van der Waals surface area (Å²) in [6.07, 6.45) is 1.05. The topological polar surface area (TPSA) is 47.6 Å². The summed E-state index contributed by atoms with van der Waals surface area (Å²) in [6.45, 7) is 2.51. The molecule has 0 radical (unpaired) electrons. The van der Waals surface area contributed by atoms with Crippen LogP contribution in [0.25, 0.3) is 0 Å². The number of nitrogens with two attached hydrogens (primary N) is 1. The van der Waals surface area contributed by atoms with E-state index in [1.165, 1.54) is 0 Å². The average Bonchev–Trinajstić information content (AvgIpc) is 2.14. The lowest BCUT2D eigenvalue weighted by Gasteiger charge is -2.00. The Morgan fingerprint density at radius 1 is 1.89 bits per heavy atom. The summed E-state index contributed by atoms with van der Waals surface area (Å²) in [5.41, 5.74) is 6.34. The SMILES string of the molecule is CC1=NO[C@@H](CN)C1.Cl. The first-order chi connectivity index (χ1) is 3.83. The van der Waals surface area contributed by atoms with Crippen molar-refractivity contribution in [3.05, 3.63) is 0 Å². The Kier molecular flexibility index (Phi) is 3.58. The summed E-state index contributed by atoms with van der Waals surface area (Å²) >= 11 is 0. The summed E-state index contributed by atoms with van der Waals surface area (Å²) in [7, 11) is 0. The quantitative estimate of drug-likeness (QED) is 0.593. The van der Waals surface area contributed by atoms with E-state index in [2.05, 4.69) is 5.16 Å². The maximum absolute atomic E-state index is 5.30. The van der Waals surface area contributed by atoms with Gasteiger partial charge >= 0.3 is 0 Å². The van der Waals surface area contributed by atoms with Crippen molar-refractivity contribution in [3.63, 3.8) is 0 Å². The molecule has 0 saturated carbocycles. The van der Waals surface area contributed by atoms with Crippen LogP contribution in [0.2, 0.25) is 0 Å². The number of hydrogen-bond acceptors (Lipinski definition) is 3. The monoisotopic (exact) mass is 150 g/mol. The molecule has 0 aliphatic carbocycles. The van der Waals surface area contributed by atoms with Gasteiger partial charge in [-0.3, -0.25) is 0 Å². The highest BCUT2D eigenvalue weighted by Gasteiger charge is 2.14. The summed E-state index contributed by atoms with van der Waals surface area (Å²) in [6, 6.07) is 0. The lowest BCUT2D eigenvalue weighted by molar-refractivity contribution is 0.0918. The third-order valence-corrected chi connectivity index (χ3v) is 1.14. The Hall–Kier alpha value is -0.280. The Labute approximate surface area is 60.6 Å². The fourth-order valence-corrected chi connectivity index (χ4v) is 0.695. The Morgan fingerprint density at radius 2 is 2.56 bits per heavy atom. The number of oxime groups is 1. The maximum atomic E-state index is 5.30. The highest BCUT2D eigenvalue weighted by atomic mass is 35.5. The molecule has 0 saturated heterocycles. The van der Waals surface area contributed by atoms with Gasteiger partial charge in [0.1, 0.15) is 6.10 Å². The predicted molar refractivity (Wildman–Crippen MR) is 38.9 cm³/mol. The van der Waals surface area contributed by atoms with E-state index in [1.807, 2.05) is 6.92 Å². The first-order valence-corrected chi connectivity index (χ1v) is 2.72.